The zero-order valence-electron chi connectivity index (χ0n) is 18.9. The minimum absolute atomic E-state index is 0.0143. The van der Waals surface area contributed by atoms with Gasteiger partial charge in [0, 0.05) is 23.3 Å². The third-order valence-corrected chi connectivity index (χ3v) is 7.59. The van der Waals surface area contributed by atoms with Crippen LogP contribution >= 0.6 is 0 Å². The fourth-order valence-corrected chi connectivity index (χ4v) is 5.99. The Morgan fingerprint density at radius 1 is 1.11 bits per heavy atom. The predicted molar refractivity (Wildman–Crippen MR) is 126 cm³/mol. The first-order valence-corrected chi connectivity index (χ1v) is 11.6. The Morgan fingerprint density at radius 3 is 2.74 bits per heavy atom. The van der Waals surface area contributed by atoms with Gasteiger partial charge in [0.2, 0.25) is 0 Å². The average molecular weight is 473 g/mol. The Morgan fingerprint density at radius 2 is 1.94 bits per heavy atom. The fraction of sp³-hybridized carbons (Fsp3) is 0.286. The molecule has 0 aliphatic heterocycles. The highest BCUT2D eigenvalue weighted by Gasteiger charge is 2.46. The van der Waals surface area contributed by atoms with Gasteiger partial charge in [-0.15, -0.1) is 0 Å². The predicted octanol–water partition coefficient (Wildman–Crippen LogP) is 6.49. The average Bonchev–Trinajstić information content (AvgIpc) is 3.41. The SMILES string of the molecule is C[C@]1(F)Cc2c([C@H]3CC[C@H](F)c4cc(F)cc(C#N)c43)ccc(-c3cccc4cn[nH]c34)c2[C@@H]1O. The number of H-pyrrole nitrogens is 1. The van der Waals surface area contributed by atoms with Crippen molar-refractivity contribution in [2.45, 2.75) is 50.0 Å². The zero-order valence-corrected chi connectivity index (χ0v) is 18.9. The maximum Gasteiger partial charge on any atom is 0.142 e. The molecule has 4 atom stereocenters. The number of para-hydroxylation sites is 1. The van der Waals surface area contributed by atoms with E-state index < -0.39 is 29.7 Å². The van der Waals surface area contributed by atoms with Crippen molar-refractivity contribution in [1.29, 1.82) is 5.26 Å². The molecule has 2 aliphatic rings. The number of halogens is 3. The first-order valence-electron chi connectivity index (χ1n) is 11.6. The number of rotatable bonds is 2. The number of nitrogens with zero attached hydrogens (tertiary/aromatic N) is 2. The van der Waals surface area contributed by atoms with Crippen LogP contribution in [0.2, 0.25) is 0 Å². The second kappa shape index (κ2) is 7.69. The molecule has 0 radical (unpaired) electrons. The molecule has 0 saturated heterocycles. The molecule has 0 amide bonds. The highest BCUT2D eigenvalue weighted by atomic mass is 19.1. The van der Waals surface area contributed by atoms with Crippen molar-refractivity contribution in [3.05, 3.63) is 87.9 Å². The summed E-state index contributed by atoms with van der Waals surface area (Å²) in [5.41, 5.74) is 3.03. The van der Waals surface area contributed by atoms with E-state index in [-0.39, 0.29) is 24.0 Å². The summed E-state index contributed by atoms with van der Waals surface area (Å²) in [6.07, 6.45) is -0.462. The number of aromatic nitrogens is 2. The van der Waals surface area contributed by atoms with Gasteiger partial charge in [0.05, 0.1) is 23.3 Å². The maximum absolute atomic E-state index is 15.6. The molecule has 1 aromatic heterocycles. The highest BCUT2D eigenvalue weighted by Crippen LogP contribution is 2.52. The molecule has 0 bridgehead atoms. The minimum atomic E-state index is -1.89. The first kappa shape index (κ1) is 21.9. The quantitative estimate of drug-likeness (QED) is 0.349. The molecule has 0 unspecified atom stereocenters. The summed E-state index contributed by atoms with van der Waals surface area (Å²) in [5.74, 6) is -1.05. The molecular formula is C28H22F3N3O. The number of nitriles is 1. The molecule has 2 aliphatic carbocycles. The van der Waals surface area contributed by atoms with E-state index in [1.807, 2.05) is 36.4 Å². The largest absolute Gasteiger partial charge is 0.385 e. The summed E-state index contributed by atoms with van der Waals surface area (Å²) in [5, 5.41) is 28.8. The summed E-state index contributed by atoms with van der Waals surface area (Å²) in [7, 11) is 0. The van der Waals surface area contributed by atoms with Crippen LogP contribution in [0.25, 0.3) is 22.0 Å². The number of aliphatic hydroxyl groups excluding tert-OH is 1. The van der Waals surface area contributed by atoms with E-state index in [4.69, 9.17) is 0 Å². The third-order valence-electron chi connectivity index (χ3n) is 7.59. The van der Waals surface area contributed by atoms with E-state index in [1.165, 1.54) is 6.92 Å². The number of fused-ring (bicyclic) bond motifs is 3. The molecule has 7 heteroatoms. The number of aromatic amines is 1. The number of hydrogen-bond donors (Lipinski definition) is 2. The second-order valence-corrected chi connectivity index (χ2v) is 9.76. The number of benzene rings is 3. The van der Waals surface area contributed by atoms with Crippen LogP contribution in [0.15, 0.2) is 48.7 Å². The Labute approximate surface area is 200 Å². The van der Waals surface area contributed by atoms with Gasteiger partial charge in [0.1, 0.15) is 23.8 Å². The zero-order chi connectivity index (χ0) is 24.5. The van der Waals surface area contributed by atoms with Crippen LogP contribution < -0.4 is 0 Å². The van der Waals surface area contributed by atoms with Gasteiger partial charge in [-0.2, -0.15) is 10.4 Å². The molecule has 1 heterocycles. The smallest absolute Gasteiger partial charge is 0.142 e. The lowest BCUT2D eigenvalue weighted by Gasteiger charge is -2.31. The van der Waals surface area contributed by atoms with E-state index in [0.717, 1.165) is 34.2 Å². The third kappa shape index (κ3) is 3.20. The van der Waals surface area contributed by atoms with Gasteiger partial charge < -0.3 is 5.11 Å². The van der Waals surface area contributed by atoms with Crippen molar-refractivity contribution in [1.82, 2.24) is 10.2 Å². The van der Waals surface area contributed by atoms with Crippen LogP contribution in [-0.4, -0.2) is 21.0 Å². The first-order chi connectivity index (χ1) is 16.8. The van der Waals surface area contributed by atoms with Gasteiger partial charge in [0.15, 0.2) is 0 Å². The van der Waals surface area contributed by atoms with Crippen molar-refractivity contribution in [3.8, 4) is 17.2 Å². The van der Waals surface area contributed by atoms with Gasteiger partial charge in [-0.3, -0.25) is 5.10 Å². The number of hydrogen-bond acceptors (Lipinski definition) is 3. The maximum atomic E-state index is 15.6. The van der Waals surface area contributed by atoms with Crippen LogP contribution in [-0.2, 0) is 6.42 Å². The van der Waals surface area contributed by atoms with Crippen LogP contribution in [0.4, 0.5) is 13.2 Å². The second-order valence-electron chi connectivity index (χ2n) is 9.76. The topological polar surface area (TPSA) is 72.7 Å². The van der Waals surface area contributed by atoms with E-state index >= 15 is 4.39 Å². The van der Waals surface area contributed by atoms with E-state index in [0.29, 0.717) is 28.7 Å². The van der Waals surface area contributed by atoms with Crippen LogP contribution in [0.5, 0.6) is 0 Å². The molecule has 0 saturated carbocycles. The number of alkyl halides is 2. The van der Waals surface area contributed by atoms with Gasteiger partial charge in [-0.25, -0.2) is 13.2 Å². The molecular weight excluding hydrogens is 451 g/mol. The Hall–Kier alpha value is -3.63. The normalized spacial score (nSPS) is 25.3. The van der Waals surface area contributed by atoms with Crippen molar-refractivity contribution >= 4 is 10.9 Å². The molecule has 3 aromatic carbocycles. The lowest BCUT2D eigenvalue weighted by molar-refractivity contribution is 0.0182. The molecule has 4 aromatic rings. The molecule has 6 rings (SSSR count). The summed E-state index contributed by atoms with van der Waals surface area (Å²) >= 11 is 0. The molecule has 0 fully saturated rings. The van der Waals surface area contributed by atoms with Gasteiger partial charge in [-0.1, -0.05) is 30.3 Å². The van der Waals surface area contributed by atoms with Crippen molar-refractivity contribution in [3.63, 3.8) is 0 Å². The van der Waals surface area contributed by atoms with Crippen LogP contribution in [0.1, 0.15) is 71.3 Å². The summed E-state index contributed by atoms with van der Waals surface area (Å²) in [6.45, 7) is 1.38. The number of aliphatic hydroxyl groups is 1. The highest BCUT2D eigenvalue weighted by molar-refractivity contribution is 5.94. The molecule has 0 spiro atoms. The van der Waals surface area contributed by atoms with Crippen LogP contribution in [0, 0.1) is 17.1 Å². The Bertz CT molecular complexity index is 1530. The van der Waals surface area contributed by atoms with Crippen LogP contribution in [0.3, 0.4) is 0 Å². The lowest BCUT2D eigenvalue weighted by atomic mass is 9.74. The standard InChI is InChI=1S/C28H22F3N3O/c1-28(31)11-22-17(18-7-8-23(30)21-10-16(29)9-15(12-32)24(18)21)5-6-19(25(22)27(28)35)20-4-2-3-14-13-33-34-26(14)20/h2-6,9-10,13,18,23,27,35H,7-8,11H2,1H3,(H,33,34)/t18-,23+,27+,28+/m1/s1. The van der Waals surface area contributed by atoms with E-state index in [9.17, 15) is 19.1 Å². The van der Waals surface area contributed by atoms with Gasteiger partial charge >= 0.3 is 0 Å². The lowest BCUT2D eigenvalue weighted by Crippen LogP contribution is -2.23. The van der Waals surface area contributed by atoms with Gasteiger partial charge in [0.25, 0.3) is 0 Å². The number of nitrogens with one attached hydrogen (secondary N) is 1. The van der Waals surface area contributed by atoms with Gasteiger partial charge in [-0.05, 0) is 65.3 Å². The minimum Gasteiger partial charge on any atom is -0.385 e. The van der Waals surface area contributed by atoms with E-state index in [2.05, 4.69) is 10.2 Å². The van der Waals surface area contributed by atoms with Crippen molar-refractivity contribution < 1.29 is 18.3 Å². The summed E-state index contributed by atoms with van der Waals surface area (Å²) in [6, 6.07) is 13.8. The fourth-order valence-electron chi connectivity index (χ4n) is 5.99. The Balaban J connectivity index is 1.60. The molecule has 2 N–H and O–H groups in total. The Kier molecular flexibility index (Phi) is 4.81. The summed E-state index contributed by atoms with van der Waals surface area (Å²) < 4.78 is 44.6. The van der Waals surface area contributed by atoms with Crippen molar-refractivity contribution in [2.75, 3.05) is 0 Å². The molecule has 176 valence electrons. The van der Waals surface area contributed by atoms with Crippen molar-refractivity contribution in [2.24, 2.45) is 0 Å². The van der Waals surface area contributed by atoms with E-state index in [1.54, 1.807) is 6.20 Å². The summed E-state index contributed by atoms with van der Waals surface area (Å²) in [4.78, 5) is 0. The monoisotopic (exact) mass is 473 g/mol. The molecule has 4 nitrogen and oxygen atoms in total. The molecule has 35 heavy (non-hydrogen) atoms.